The molecule has 6 rings (SSSR count). The Morgan fingerprint density at radius 2 is 1.94 bits per heavy atom. The average Bonchev–Trinajstić information content (AvgIpc) is 3.22. The summed E-state index contributed by atoms with van der Waals surface area (Å²) >= 11 is 0. The first kappa shape index (κ1) is 20.2. The highest BCUT2D eigenvalue weighted by Crippen LogP contribution is 2.41. The Labute approximate surface area is 191 Å². The molecule has 3 heterocycles. The fraction of sp³-hybridized carbons (Fsp3) is 0.308. The first-order valence-electron chi connectivity index (χ1n) is 11.4. The Hall–Kier alpha value is -3.42. The standard InChI is InChI=1S/C26H26N4O3/c27-25-23-22(29-26(30(23)11-10-28-25)24(32)18-12-19(31)13-18)17-7-6-16-8-9-20(33-21(16)14-17)15-4-2-1-3-5-15/h1-7,10-11,14,18-20,24,31-32H,8-9,12-13H2,(H2,27,28). The summed E-state index contributed by atoms with van der Waals surface area (Å²) in [6.07, 6.45) is 5.28. The van der Waals surface area contributed by atoms with Gasteiger partial charge in [0.2, 0.25) is 0 Å². The number of nitrogen functional groups attached to an aromatic ring is 1. The van der Waals surface area contributed by atoms with Crippen molar-refractivity contribution in [3.05, 3.63) is 77.9 Å². The number of rotatable bonds is 4. The molecule has 4 N–H and O–H groups in total. The molecule has 0 saturated heterocycles. The van der Waals surface area contributed by atoms with Crippen molar-refractivity contribution in [2.75, 3.05) is 5.73 Å². The van der Waals surface area contributed by atoms with Crippen LogP contribution in [0.1, 0.15) is 48.4 Å². The van der Waals surface area contributed by atoms with Crippen LogP contribution < -0.4 is 10.5 Å². The second-order valence-corrected chi connectivity index (χ2v) is 9.06. The van der Waals surface area contributed by atoms with Crippen LogP contribution in [0.3, 0.4) is 0 Å². The van der Waals surface area contributed by atoms with Crippen molar-refractivity contribution < 1.29 is 14.9 Å². The van der Waals surface area contributed by atoms with Crippen LogP contribution in [-0.4, -0.2) is 30.7 Å². The Kier molecular flexibility index (Phi) is 4.81. The van der Waals surface area contributed by atoms with Crippen molar-refractivity contribution in [1.29, 1.82) is 0 Å². The van der Waals surface area contributed by atoms with Gasteiger partial charge in [0.05, 0.1) is 6.10 Å². The Bertz CT molecular complexity index is 1310. The molecule has 1 aliphatic heterocycles. The van der Waals surface area contributed by atoms with Gasteiger partial charge in [-0.15, -0.1) is 0 Å². The number of nitrogens with two attached hydrogens (primary N) is 1. The van der Waals surface area contributed by atoms with E-state index < -0.39 is 6.10 Å². The number of hydrogen-bond acceptors (Lipinski definition) is 6. The van der Waals surface area contributed by atoms with Crippen LogP contribution in [-0.2, 0) is 6.42 Å². The topological polar surface area (TPSA) is 106 Å². The number of aryl methyl sites for hydroxylation is 1. The van der Waals surface area contributed by atoms with E-state index in [1.165, 1.54) is 11.1 Å². The second kappa shape index (κ2) is 7.86. The maximum Gasteiger partial charge on any atom is 0.150 e. The van der Waals surface area contributed by atoms with Crippen molar-refractivity contribution >= 4 is 11.3 Å². The number of aliphatic hydroxyl groups excluding tert-OH is 2. The number of imidazole rings is 1. The fourth-order valence-corrected chi connectivity index (χ4v) is 5.01. The third-order valence-corrected chi connectivity index (χ3v) is 6.93. The summed E-state index contributed by atoms with van der Waals surface area (Å²) < 4.78 is 8.21. The zero-order valence-electron chi connectivity index (χ0n) is 18.1. The van der Waals surface area contributed by atoms with Crippen molar-refractivity contribution in [3.8, 4) is 17.0 Å². The van der Waals surface area contributed by atoms with Gasteiger partial charge in [0.25, 0.3) is 0 Å². The quantitative estimate of drug-likeness (QED) is 0.443. The molecule has 4 aromatic rings. The number of nitrogens with zero attached hydrogens (tertiary/aromatic N) is 3. The Balaban J connectivity index is 1.40. The van der Waals surface area contributed by atoms with Gasteiger partial charge < -0.3 is 20.7 Å². The molecule has 0 spiro atoms. The minimum atomic E-state index is -0.784. The number of fused-ring (bicyclic) bond motifs is 2. The highest BCUT2D eigenvalue weighted by Gasteiger charge is 2.36. The van der Waals surface area contributed by atoms with Gasteiger partial charge in [-0.2, -0.15) is 0 Å². The van der Waals surface area contributed by atoms with Gasteiger partial charge in [-0.25, -0.2) is 9.97 Å². The molecule has 2 aromatic carbocycles. The Morgan fingerprint density at radius 1 is 1.12 bits per heavy atom. The highest BCUT2D eigenvalue weighted by molar-refractivity contribution is 5.86. The van der Waals surface area contributed by atoms with E-state index >= 15 is 0 Å². The third kappa shape index (κ3) is 3.44. The lowest BCUT2D eigenvalue weighted by Crippen LogP contribution is -2.33. The molecule has 0 amide bonds. The maximum atomic E-state index is 11.0. The molecule has 2 unspecified atom stereocenters. The van der Waals surface area contributed by atoms with E-state index in [0.29, 0.717) is 35.7 Å². The van der Waals surface area contributed by atoms with Crippen molar-refractivity contribution in [3.63, 3.8) is 0 Å². The van der Waals surface area contributed by atoms with Crippen LogP contribution in [0.15, 0.2) is 60.9 Å². The summed E-state index contributed by atoms with van der Waals surface area (Å²) in [5.74, 6) is 1.70. The van der Waals surface area contributed by atoms with E-state index in [1.807, 2.05) is 34.7 Å². The van der Waals surface area contributed by atoms with Gasteiger partial charge in [-0.1, -0.05) is 42.5 Å². The highest BCUT2D eigenvalue weighted by atomic mass is 16.5. The summed E-state index contributed by atoms with van der Waals surface area (Å²) in [4.78, 5) is 9.09. The monoisotopic (exact) mass is 442 g/mol. The first-order chi connectivity index (χ1) is 16.1. The number of aromatic nitrogens is 3. The predicted molar refractivity (Wildman–Crippen MR) is 125 cm³/mol. The summed E-state index contributed by atoms with van der Waals surface area (Å²) in [5, 5.41) is 20.7. The summed E-state index contributed by atoms with van der Waals surface area (Å²) in [6.45, 7) is 0. The lowest BCUT2D eigenvalue weighted by Gasteiger charge is -2.34. The summed E-state index contributed by atoms with van der Waals surface area (Å²) in [7, 11) is 0. The molecule has 7 nitrogen and oxygen atoms in total. The van der Waals surface area contributed by atoms with Crippen LogP contribution in [0.4, 0.5) is 5.82 Å². The van der Waals surface area contributed by atoms with Crippen LogP contribution in [0.2, 0.25) is 0 Å². The van der Waals surface area contributed by atoms with E-state index in [9.17, 15) is 10.2 Å². The van der Waals surface area contributed by atoms with Crippen LogP contribution in [0, 0.1) is 5.92 Å². The molecule has 33 heavy (non-hydrogen) atoms. The molecule has 7 heteroatoms. The number of hydrogen-bond donors (Lipinski definition) is 3. The van der Waals surface area contributed by atoms with Crippen LogP contribution in [0.5, 0.6) is 5.75 Å². The zero-order chi connectivity index (χ0) is 22.5. The van der Waals surface area contributed by atoms with Gasteiger partial charge in [0.1, 0.15) is 40.8 Å². The molecule has 1 saturated carbocycles. The number of aliphatic hydroxyl groups is 2. The van der Waals surface area contributed by atoms with Crippen molar-refractivity contribution in [2.24, 2.45) is 5.92 Å². The van der Waals surface area contributed by atoms with Gasteiger partial charge in [-0.05, 0) is 48.8 Å². The summed E-state index contributed by atoms with van der Waals surface area (Å²) in [6, 6.07) is 16.4. The molecular weight excluding hydrogens is 416 g/mol. The minimum absolute atomic E-state index is 0.0156. The first-order valence-corrected chi connectivity index (χ1v) is 11.4. The smallest absolute Gasteiger partial charge is 0.150 e. The molecule has 0 radical (unpaired) electrons. The number of benzene rings is 2. The van der Waals surface area contributed by atoms with Gasteiger partial charge in [0, 0.05) is 18.0 Å². The van der Waals surface area contributed by atoms with Gasteiger partial charge >= 0.3 is 0 Å². The molecule has 1 fully saturated rings. The van der Waals surface area contributed by atoms with E-state index in [4.69, 9.17) is 15.5 Å². The van der Waals surface area contributed by atoms with Crippen molar-refractivity contribution in [2.45, 2.75) is 44.0 Å². The zero-order valence-corrected chi connectivity index (χ0v) is 18.1. The maximum absolute atomic E-state index is 11.0. The lowest BCUT2D eigenvalue weighted by atomic mass is 9.78. The van der Waals surface area contributed by atoms with Gasteiger partial charge in [-0.3, -0.25) is 4.40 Å². The van der Waals surface area contributed by atoms with E-state index in [0.717, 1.165) is 24.2 Å². The largest absolute Gasteiger partial charge is 0.485 e. The molecule has 0 bridgehead atoms. The molecule has 1 aliphatic carbocycles. The lowest BCUT2D eigenvalue weighted by molar-refractivity contribution is -0.0323. The van der Waals surface area contributed by atoms with Crippen LogP contribution >= 0.6 is 0 Å². The Morgan fingerprint density at radius 3 is 2.73 bits per heavy atom. The number of ether oxygens (including phenoxy) is 1. The molecule has 168 valence electrons. The fourth-order valence-electron chi connectivity index (χ4n) is 5.01. The predicted octanol–water partition coefficient (Wildman–Crippen LogP) is 3.85. The SMILES string of the molecule is Nc1nccn2c(C(O)C3CC(O)C3)nc(-c3ccc4c(c3)OC(c3ccccc3)CC4)c12. The molecule has 2 aromatic heterocycles. The van der Waals surface area contributed by atoms with Crippen molar-refractivity contribution in [1.82, 2.24) is 14.4 Å². The third-order valence-electron chi connectivity index (χ3n) is 6.93. The van der Waals surface area contributed by atoms with E-state index in [1.54, 1.807) is 12.4 Å². The minimum Gasteiger partial charge on any atom is -0.485 e. The van der Waals surface area contributed by atoms with E-state index in [2.05, 4.69) is 23.2 Å². The molecule has 2 atom stereocenters. The molecule has 2 aliphatic rings. The van der Waals surface area contributed by atoms with Gasteiger partial charge in [0.15, 0.2) is 0 Å². The molecular formula is C26H26N4O3. The second-order valence-electron chi connectivity index (χ2n) is 9.06. The number of anilines is 1. The summed E-state index contributed by atoms with van der Waals surface area (Å²) in [5.41, 5.74) is 10.8. The normalized spacial score (nSPS) is 22.9. The average molecular weight is 443 g/mol. The van der Waals surface area contributed by atoms with Crippen LogP contribution in [0.25, 0.3) is 16.8 Å². The van der Waals surface area contributed by atoms with E-state index in [-0.39, 0.29) is 18.1 Å².